The summed E-state index contributed by atoms with van der Waals surface area (Å²) in [6.45, 7) is 22.5. The highest BCUT2D eigenvalue weighted by atomic mass is 35.5. The average Bonchev–Trinajstić information content (AvgIpc) is 3.24. The number of aryl methyl sites for hydroxylation is 2. The standard InChI is InChI=1S/C19H22O2.C18H20O2.C11H16.C8H10ClN/c1-15(2)18-10-6-9-17(13-18)11-12-21-19(20)14-16-7-4-3-5-8-16;1-14(2)17-10-6-9-16(11-17)13-20-18(19)12-15-7-4-3-5-8-15;1-8(2)11-9(3)6-5-7-10(11)4;1-6(2)7-3-8(9)5-10-4-7/h3-10,13,15H,11-12,14H2,1-2H3;3-11,14H,12-13H2,1-2H3;5-8H,1-4H3;3-6H,1-2H3. The second kappa shape index (κ2) is 27.4. The van der Waals surface area contributed by atoms with Gasteiger partial charge in [0.25, 0.3) is 0 Å². The van der Waals surface area contributed by atoms with E-state index in [0.717, 1.165) is 23.1 Å². The SMILES string of the molecule is CC(C)c1cccc(CCOC(=O)Cc2ccccc2)c1.CC(C)c1cccc(COC(=O)Cc2ccccc2)c1.CC(C)c1cncc(Cl)c1.Cc1cccc(C)c1C(C)C. The lowest BCUT2D eigenvalue weighted by Crippen LogP contribution is -2.10. The van der Waals surface area contributed by atoms with Crippen LogP contribution in [0.15, 0.2) is 146 Å². The third kappa shape index (κ3) is 19.5. The minimum Gasteiger partial charge on any atom is -0.465 e. The molecule has 0 saturated carbocycles. The molecule has 0 saturated heterocycles. The fraction of sp³-hybridized carbons (Fsp3) is 0.339. The molecule has 328 valence electrons. The van der Waals surface area contributed by atoms with Crippen molar-refractivity contribution in [2.75, 3.05) is 6.61 Å². The summed E-state index contributed by atoms with van der Waals surface area (Å²) >= 11 is 5.73. The van der Waals surface area contributed by atoms with Crippen molar-refractivity contribution in [3.63, 3.8) is 0 Å². The predicted octanol–water partition coefficient (Wildman–Crippen LogP) is 14.5. The van der Waals surface area contributed by atoms with Gasteiger partial charge in [-0.05, 0) is 99.2 Å². The molecule has 1 heterocycles. The number of halogens is 1. The number of nitrogens with zero attached hydrogens (tertiary/aromatic N) is 1. The maximum atomic E-state index is 11.8. The molecule has 0 aliphatic heterocycles. The van der Waals surface area contributed by atoms with E-state index in [9.17, 15) is 9.59 Å². The number of benzene rings is 5. The normalized spacial score (nSPS) is 10.6. The maximum absolute atomic E-state index is 11.8. The predicted molar refractivity (Wildman–Crippen MR) is 259 cm³/mol. The number of carbonyl (C=O) groups excluding carboxylic acids is 2. The first kappa shape index (κ1) is 50.8. The van der Waals surface area contributed by atoms with Crippen molar-refractivity contribution in [2.24, 2.45) is 0 Å². The molecule has 5 nitrogen and oxygen atoms in total. The second-order valence-corrected chi connectivity index (χ2v) is 17.2. The van der Waals surface area contributed by atoms with Gasteiger partial charge in [-0.25, -0.2) is 0 Å². The molecular weight excluding hydrogens is 786 g/mol. The molecule has 6 heteroatoms. The molecule has 0 aliphatic rings. The molecule has 6 rings (SSSR count). The van der Waals surface area contributed by atoms with Crippen LogP contribution in [0.25, 0.3) is 0 Å². The fourth-order valence-electron chi connectivity index (χ4n) is 6.71. The third-order valence-electron chi connectivity index (χ3n) is 10.2. The van der Waals surface area contributed by atoms with Crippen LogP contribution >= 0.6 is 11.6 Å². The lowest BCUT2D eigenvalue weighted by molar-refractivity contribution is -0.144. The second-order valence-electron chi connectivity index (χ2n) is 16.8. The Labute approximate surface area is 377 Å². The Morgan fingerprint density at radius 2 is 0.952 bits per heavy atom. The molecule has 1 aromatic heterocycles. The quantitative estimate of drug-likeness (QED) is 0.108. The third-order valence-corrected chi connectivity index (χ3v) is 10.4. The Hall–Kier alpha value is -5.52. The summed E-state index contributed by atoms with van der Waals surface area (Å²) in [5.41, 5.74) is 12.3. The number of hydrogen-bond acceptors (Lipinski definition) is 5. The molecule has 0 fully saturated rings. The van der Waals surface area contributed by atoms with Crippen LogP contribution in [0.4, 0.5) is 0 Å². The summed E-state index contributed by atoms with van der Waals surface area (Å²) < 4.78 is 10.6. The van der Waals surface area contributed by atoms with E-state index in [1.165, 1.54) is 38.9 Å². The average molecular weight is 855 g/mol. The number of esters is 2. The van der Waals surface area contributed by atoms with E-state index in [-0.39, 0.29) is 11.9 Å². The van der Waals surface area contributed by atoms with E-state index < -0.39 is 0 Å². The van der Waals surface area contributed by atoms with Gasteiger partial charge in [0.05, 0.1) is 24.5 Å². The topological polar surface area (TPSA) is 65.5 Å². The molecule has 5 aromatic carbocycles. The van der Waals surface area contributed by atoms with Crippen LogP contribution in [0.2, 0.25) is 5.02 Å². The lowest BCUT2D eigenvalue weighted by Gasteiger charge is -2.12. The lowest BCUT2D eigenvalue weighted by atomic mass is 9.94. The molecule has 6 aromatic rings. The molecule has 0 amide bonds. The number of rotatable bonds is 13. The highest BCUT2D eigenvalue weighted by Gasteiger charge is 2.08. The van der Waals surface area contributed by atoms with Gasteiger partial charge in [0.2, 0.25) is 0 Å². The Balaban J connectivity index is 0.000000231. The minimum atomic E-state index is -0.189. The number of aromatic nitrogens is 1. The first-order valence-corrected chi connectivity index (χ1v) is 22.2. The minimum absolute atomic E-state index is 0.166. The van der Waals surface area contributed by atoms with E-state index in [0.29, 0.717) is 54.7 Å². The van der Waals surface area contributed by atoms with Crippen LogP contribution in [-0.2, 0) is 44.9 Å². The molecule has 0 unspecified atom stereocenters. The van der Waals surface area contributed by atoms with Gasteiger partial charge >= 0.3 is 11.9 Å². The summed E-state index contributed by atoms with van der Waals surface area (Å²) in [5.74, 6) is 1.80. The molecule has 0 bridgehead atoms. The smallest absolute Gasteiger partial charge is 0.310 e. The summed E-state index contributed by atoms with van der Waals surface area (Å²) in [6, 6.07) is 44.4. The van der Waals surface area contributed by atoms with Crippen LogP contribution in [0.3, 0.4) is 0 Å². The van der Waals surface area contributed by atoms with Gasteiger partial charge in [0.15, 0.2) is 0 Å². The summed E-state index contributed by atoms with van der Waals surface area (Å²) in [6.07, 6.45) is 4.92. The van der Waals surface area contributed by atoms with Crippen molar-refractivity contribution in [2.45, 2.75) is 119 Å². The Morgan fingerprint density at radius 1 is 0.500 bits per heavy atom. The summed E-state index contributed by atoms with van der Waals surface area (Å²) in [4.78, 5) is 27.5. The van der Waals surface area contributed by atoms with Crippen molar-refractivity contribution in [1.82, 2.24) is 4.98 Å². The summed E-state index contributed by atoms with van der Waals surface area (Å²) in [5, 5.41) is 0.714. The highest BCUT2D eigenvalue weighted by Crippen LogP contribution is 2.22. The first-order valence-electron chi connectivity index (χ1n) is 21.9. The first-order chi connectivity index (χ1) is 29.6. The number of pyridine rings is 1. The fourth-order valence-corrected chi connectivity index (χ4v) is 6.89. The van der Waals surface area contributed by atoms with Gasteiger partial charge in [0, 0.05) is 18.8 Å². The zero-order valence-corrected chi connectivity index (χ0v) is 39.4. The van der Waals surface area contributed by atoms with Crippen LogP contribution in [0.1, 0.15) is 135 Å². The largest absolute Gasteiger partial charge is 0.465 e. The van der Waals surface area contributed by atoms with E-state index in [1.54, 1.807) is 6.20 Å². The molecule has 62 heavy (non-hydrogen) atoms. The van der Waals surface area contributed by atoms with E-state index in [2.05, 4.69) is 129 Å². The van der Waals surface area contributed by atoms with E-state index in [1.807, 2.05) is 85.1 Å². The van der Waals surface area contributed by atoms with E-state index >= 15 is 0 Å². The molecule has 0 spiro atoms. The Kier molecular flexibility index (Phi) is 22.5. The van der Waals surface area contributed by atoms with Crippen LogP contribution in [0, 0.1) is 13.8 Å². The van der Waals surface area contributed by atoms with Gasteiger partial charge < -0.3 is 9.47 Å². The van der Waals surface area contributed by atoms with Crippen LogP contribution in [0.5, 0.6) is 0 Å². The van der Waals surface area contributed by atoms with Gasteiger partial charge in [-0.15, -0.1) is 0 Å². The maximum Gasteiger partial charge on any atom is 0.310 e. The van der Waals surface area contributed by atoms with Crippen molar-refractivity contribution >= 4 is 23.5 Å². The van der Waals surface area contributed by atoms with Crippen LogP contribution in [-0.4, -0.2) is 23.5 Å². The van der Waals surface area contributed by atoms with Crippen molar-refractivity contribution in [1.29, 1.82) is 0 Å². The molecule has 0 aliphatic carbocycles. The van der Waals surface area contributed by atoms with Crippen LogP contribution < -0.4 is 0 Å². The van der Waals surface area contributed by atoms with Gasteiger partial charge in [0.1, 0.15) is 6.61 Å². The summed E-state index contributed by atoms with van der Waals surface area (Å²) in [7, 11) is 0. The molecule has 0 atom stereocenters. The van der Waals surface area contributed by atoms with Crippen molar-refractivity contribution in [3.05, 3.63) is 207 Å². The highest BCUT2D eigenvalue weighted by molar-refractivity contribution is 6.30. The number of carbonyl (C=O) groups is 2. The molecule has 0 radical (unpaired) electrons. The zero-order valence-electron chi connectivity index (χ0n) is 38.7. The van der Waals surface area contributed by atoms with Crippen molar-refractivity contribution in [3.8, 4) is 0 Å². The van der Waals surface area contributed by atoms with E-state index in [4.69, 9.17) is 21.1 Å². The van der Waals surface area contributed by atoms with Gasteiger partial charge in [-0.2, -0.15) is 0 Å². The molecular formula is C56H68ClNO4. The Bertz CT molecular complexity index is 2190. The van der Waals surface area contributed by atoms with Gasteiger partial charge in [-0.1, -0.05) is 194 Å². The van der Waals surface area contributed by atoms with Gasteiger partial charge in [-0.3, -0.25) is 14.6 Å². The monoisotopic (exact) mass is 853 g/mol. The number of ether oxygens (including phenoxy) is 2. The molecule has 0 N–H and O–H groups in total. The zero-order chi connectivity index (χ0) is 45.4. The Morgan fingerprint density at radius 3 is 1.40 bits per heavy atom. The van der Waals surface area contributed by atoms with Crippen molar-refractivity contribution < 1.29 is 19.1 Å². The number of hydrogen-bond donors (Lipinski definition) is 0.